The fraction of sp³-hybridized carbons (Fsp3) is 0.391. The molecular formula is C23H29BrN2O3. The highest BCUT2D eigenvalue weighted by Gasteiger charge is 2.26. The summed E-state index contributed by atoms with van der Waals surface area (Å²) in [6, 6.07) is 13.0. The second-order valence-electron chi connectivity index (χ2n) is 7.23. The van der Waals surface area contributed by atoms with Gasteiger partial charge in [-0.15, -0.1) is 0 Å². The third-order valence-electron chi connectivity index (χ3n) is 4.52. The number of nitrogens with zero attached hydrogens (tertiary/aromatic N) is 1. The topological polar surface area (TPSA) is 58.6 Å². The molecular weight excluding hydrogens is 432 g/mol. The summed E-state index contributed by atoms with van der Waals surface area (Å²) in [4.78, 5) is 27.1. The van der Waals surface area contributed by atoms with Gasteiger partial charge in [-0.1, -0.05) is 41.1 Å². The lowest BCUT2D eigenvalue weighted by Crippen LogP contribution is -2.49. The van der Waals surface area contributed by atoms with E-state index >= 15 is 0 Å². The predicted molar refractivity (Wildman–Crippen MR) is 119 cm³/mol. The van der Waals surface area contributed by atoms with Crippen molar-refractivity contribution in [3.05, 3.63) is 63.6 Å². The van der Waals surface area contributed by atoms with E-state index in [1.165, 1.54) is 0 Å². The lowest BCUT2D eigenvalue weighted by molar-refractivity contribution is -0.142. The number of carbonyl (C=O) groups excluding carboxylic acids is 2. The first-order valence-electron chi connectivity index (χ1n) is 9.83. The number of hydrogen-bond acceptors (Lipinski definition) is 3. The Bertz CT molecular complexity index is 834. The van der Waals surface area contributed by atoms with Crippen molar-refractivity contribution in [3.63, 3.8) is 0 Å². The minimum atomic E-state index is -0.601. The molecule has 0 aliphatic carbocycles. The number of rotatable bonds is 9. The Morgan fingerprint density at radius 1 is 1.14 bits per heavy atom. The van der Waals surface area contributed by atoms with E-state index in [1.807, 2.05) is 63.2 Å². The average Bonchev–Trinajstić information content (AvgIpc) is 2.67. The molecule has 0 saturated heterocycles. The standard InChI is InChI=1S/C23H29BrN2O3/c1-5-9-25-23(28)18(4)26(14-19-7-6-8-20(24)13-19)22(27)15-29-21-11-16(2)10-17(3)12-21/h6-8,10-13,18H,5,9,14-15H2,1-4H3,(H,25,28)/t18-/m0/s1. The SMILES string of the molecule is CCCNC(=O)[C@H](C)N(Cc1cccc(Br)c1)C(=O)COc1cc(C)cc(C)c1. The van der Waals surface area contributed by atoms with E-state index in [4.69, 9.17) is 4.74 Å². The number of benzene rings is 2. The number of hydrogen-bond donors (Lipinski definition) is 1. The molecule has 0 aliphatic heterocycles. The van der Waals surface area contributed by atoms with Crippen LogP contribution in [-0.4, -0.2) is 35.9 Å². The van der Waals surface area contributed by atoms with Gasteiger partial charge in [-0.25, -0.2) is 0 Å². The first-order valence-corrected chi connectivity index (χ1v) is 10.6. The maximum atomic E-state index is 13.0. The summed E-state index contributed by atoms with van der Waals surface area (Å²) in [7, 11) is 0. The van der Waals surface area contributed by atoms with Crippen LogP contribution in [0.15, 0.2) is 46.9 Å². The number of carbonyl (C=O) groups is 2. The zero-order valence-corrected chi connectivity index (χ0v) is 19.1. The molecule has 0 aliphatic rings. The van der Waals surface area contributed by atoms with Crippen molar-refractivity contribution in [3.8, 4) is 5.75 Å². The van der Waals surface area contributed by atoms with Gasteiger partial charge in [0.1, 0.15) is 11.8 Å². The highest BCUT2D eigenvalue weighted by molar-refractivity contribution is 9.10. The van der Waals surface area contributed by atoms with Crippen molar-refractivity contribution >= 4 is 27.7 Å². The van der Waals surface area contributed by atoms with E-state index in [0.29, 0.717) is 18.8 Å². The monoisotopic (exact) mass is 460 g/mol. The van der Waals surface area contributed by atoms with Gasteiger partial charge in [-0.05, 0) is 68.1 Å². The van der Waals surface area contributed by atoms with Gasteiger partial charge in [0.15, 0.2) is 6.61 Å². The summed E-state index contributed by atoms with van der Waals surface area (Å²) < 4.78 is 6.68. The average molecular weight is 461 g/mol. The lowest BCUT2D eigenvalue weighted by Gasteiger charge is -2.29. The van der Waals surface area contributed by atoms with Crippen LogP contribution >= 0.6 is 15.9 Å². The van der Waals surface area contributed by atoms with E-state index in [1.54, 1.807) is 11.8 Å². The highest BCUT2D eigenvalue weighted by atomic mass is 79.9. The van der Waals surface area contributed by atoms with Crippen LogP contribution in [0.25, 0.3) is 0 Å². The van der Waals surface area contributed by atoms with E-state index in [9.17, 15) is 9.59 Å². The van der Waals surface area contributed by atoms with Crippen molar-refractivity contribution in [2.75, 3.05) is 13.2 Å². The molecule has 1 N–H and O–H groups in total. The van der Waals surface area contributed by atoms with Crippen LogP contribution in [0.5, 0.6) is 5.75 Å². The third-order valence-corrected chi connectivity index (χ3v) is 5.01. The maximum absolute atomic E-state index is 13.0. The Labute approximate surface area is 181 Å². The van der Waals surface area contributed by atoms with Crippen LogP contribution < -0.4 is 10.1 Å². The van der Waals surface area contributed by atoms with Crippen LogP contribution in [0.1, 0.15) is 37.0 Å². The molecule has 0 heterocycles. The molecule has 6 heteroatoms. The summed E-state index contributed by atoms with van der Waals surface area (Å²) in [5.41, 5.74) is 3.09. The van der Waals surface area contributed by atoms with Crippen LogP contribution in [0.2, 0.25) is 0 Å². The zero-order chi connectivity index (χ0) is 21.4. The Balaban J connectivity index is 2.15. The van der Waals surface area contributed by atoms with Gasteiger partial charge in [0.05, 0.1) is 0 Å². The molecule has 0 radical (unpaired) electrons. The Morgan fingerprint density at radius 3 is 2.45 bits per heavy atom. The maximum Gasteiger partial charge on any atom is 0.261 e. The summed E-state index contributed by atoms with van der Waals surface area (Å²) in [5.74, 6) is 0.256. The van der Waals surface area contributed by atoms with Crippen LogP contribution in [0.3, 0.4) is 0 Å². The normalized spacial score (nSPS) is 11.6. The van der Waals surface area contributed by atoms with Gasteiger partial charge in [0.25, 0.3) is 5.91 Å². The van der Waals surface area contributed by atoms with Gasteiger partial charge in [-0.3, -0.25) is 9.59 Å². The Morgan fingerprint density at radius 2 is 1.83 bits per heavy atom. The fourth-order valence-electron chi connectivity index (χ4n) is 3.05. The summed E-state index contributed by atoms with van der Waals surface area (Å²) >= 11 is 3.46. The van der Waals surface area contributed by atoms with Crippen LogP contribution in [0, 0.1) is 13.8 Å². The van der Waals surface area contributed by atoms with E-state index < -0.39 is 6.04 Å². The lowest BCUT2D eigenvalue weighted by atomic mass is 10.1. The molecule has 29 heavy (non-hydrogen) atoms. The molecule has 0 unspecified atom stereocenters. The van der Waals surface area contributed by atoms with Gasteiger partial charge >= 0.3 is 0 Å². The van der Waals surface area contributed by atoms with Crippen molar-refractivity contribution in [1.82, 2.24) is 10.2 Å². The molecule has 0 fully saturated rings. The molecule has 0 bridgehead atoms. The van der Waals surface area contributed by atoms with Gasteiger partial charge in [-0.2, -0.15) is 0 Å². The number of ether oxygens (including phenoxy) is 1. The molecule has 2 aromatic carbocycles. The molecule has 5 nitrogen and oxygen atoms in total. The molecule has 0 spiro atoms. The highest BCUT2D eigenvalue weighted by Crippen LogP contribution is 2.18. The van der Waals surface area contributed by atoms with E-state index in [2.05, 4.69) is 21.2 Å². The molecule has 2 amide bonds. The smallest absolute Gasteiger partial charge is 0.261 e. The molecule has 2 aromatic rings. The van der Waals surface area contributed by atoms with Crippen molar-refractivity contribution < 1.29 is 14.3 Å². The van der Waals surface area contributed by atoms with E-state index in [0.717, 1.165) is 27.6 Å². The van der Waals surface area contributed by atoms with Gasteiger partial charge < -0.3 is 15.0 Å². The largest absolute Gasteiger partial charge is 0.484 e. The molecule has 1 atom stereocenters. The zero-order valence-electron chi connectivity index (χ0n) is 17.5. The first-order chi connectivity index (χ1) is 13.8. The minimum absolute atomic E-state index is 0.123. The molecule has 0 saturated carbocycles. The van der Waals surface area contributed by atoms with Crippen molar-refractivity contribution in [2.45, 2.75) is 46.7 Å². The van der Waals surface area contributed by atoms with Gasteiger partial charge in [0.2, 0.25) is 5.91 Å². The first kappa shape index (κ1) is 22.9. The number of aryl methyl sites for hydroxylation is 2. The second kappa shape index (κ2) is 11.0. The third kappa shape index (κ3) is 7.20. The predicted octanol–water partition coefficient (Wildman–Crippen LogP) is 4.39. The summed E-state index contributed by atoms with van der Waals surface area (Å²) in [6.07, 6.45) is 0.841. The van der Waals surface area contributed by atoms with E-state index in [-0.39, 0.29) is 18.4 Å². The van der Waals surface area contributed by atoms with Crippen LogP contribution in [0.4, 0.5) is 0 Å². The Kier molecular flexibility index (Phi) is 8.70. The van der Waals surface area contributed by atoms with Crippen molar-refractivity contribution in [2.24, 2.45) is 0 Å². The summed E-state index contributed by atoms with van der Waals surface area (Å²) in [6.45, 7) is 8.51. The number of amides is 2. The minimum Gasteiger partial charge on any atom is -0.484 e. The quantitative estimate of drug-likeness (QED) is 0.603. The molecule has 2 rings (SSSR count). The number of halogens is 1. The Hall–Kier alpha value is -2.34. The van der Waals surface area contributed by atoms with Gasteiger partial charge in [0, 0.05) is 17.6 Å². The second-order valence-corrected chi connectivity index (χ2v) is 8.15. The number of nitrogens with one attached hydrogen (secondary N) is 1. The summed E-state index contributed by atoms with van der Waals surface area (Å²) in [5, 5.41) is 2.87. The van der Waals surface area contributed by atoms with Crippen LogP contribution in [-0.2, 0) is 16.1 Å². The fourth-order valence-corrected chi connectivity index (χ4v) is 3.50. The van der Waals surface area contributed by atoms with Crippen molar-refractivity contribution in [1.29, 1.82) is 0 Å². The molecule has 156 valence electrons. The molecule has 0 aromatic heterocycles.